The fourth-order valence-electron chi connectivity index (χ4n) is 3.41. The fourth-order valence-corrected chi connectivity index (χ4v) is 3.41. The van der Waals surface area contributed by atoms with Crippen LogP contribution >= 0.6 is 12.4 Å². The predicted molar refractivity (Wildman–Crippen MR) is 113 cm³/mol. The standard InChI is InChI=1S/C21H27N3O3.ClH/c1-14(2)16-5-4-6-18(11-16)24-9-7-15(3)19(21(24)27)20(26)23-10-8-22-17(12-23)13-25;/h4-7,9,11,14,17,22,25H,8,10,12-13H2,1-3H3;1H. The molecule has 2 aromatic rings. The second kappa shape index (κ2) is 9.37. The number of aliphatic hydroxyl groups is 1. The first-order chi connectivity index (χ1) is 12.9. The molecule has 1 saturated heterocycles. The molecule has 7 heteroatoms. The van der Waals surface area contributed by atoms with Crippen molar-refractivity contribution in [3.8, 4) is 5.69 Å². The number of aliphatic hydroxyl groups excluding tert-OH is 1. The van der Waals surface area contributed by atoms with E-state index in [1.807, 2.05) is 30.3 Å². The largest absolute Gasteiger partial charge is 0.395 e. The summed E-state index contributed by atoms with van der Waals surface area (Å²) in [6, 6.07) is 9.49. The molecular weight excluding hydrogens is 378 g/mol. The Morgan fingerprint density at radius 1 is 1.32 bits per heavy atom. The smallest absolute Gasteiger partial charge is 0.268 e. The second-order valence-corrected chi connectivity index (χ2v) is 7.38. The van der Waals surface area contributed by atoms with Crippen LogP contribution in [-0.2, 0) is 0 Å². The number of pyridine rings is 1. The first-order valence-electron chi connectivity index (χ1n) is 9.38. The summed E-state index contributed by atoms with van der Waals surface area (Å²) in [4.78, 5) is 27.9. The Morgan fingerprint density at radius 3 is 2.75 bits per heavy atom. The monoisotopic (exact) mass is 405 g/mol. The van der Waals surface area contributed by atoms with Crippen LogP contribution in [0.3, 0.4) is 0 Å². The highest BCUT2D eigenvalue weighted by atomic mass is 35.5. The van der Waals surface area contributed by atoms with Crippen LogP contribution in [0.25, 0.3) is 5.69 Å². The summed E-state index contributed by atoms with van der Waals surface area (Å²) in [5.41, 5.74) is 2.46. The van der Waals surface area contributed by atoms with Crippen molar-refractivity contribution < 1.29 is 9.90 Å². The number of hydrogen-bond acceptors (Lipinski definition) is 4. The van der Waals surface area contributed by atoms with Gasteiger partial charge >= 0.3 is 0 Å². The van der Waals surface area contributed by atoms with Gasteiger partial charge in [0.1, 0.15) is 5.56 Å². The highest BCUT2D eigenvalue weighted by Gasteiger charge is 2.27. The summed E-state index contributed by atoms with van der Waals surface area (Å²) >= 11 is 0. The van der Waals surface area contributed by atoms with Crippen LogP contribution in [0.1, 0.15) is 41.3 Å². The number of piperazine rings is 1. The first kappa shape index (κ1) is 22.1. The molecule has 1 unspecified atom stereocenters. The van der Waals surface area contributed by atoms with Crippen LogP contribution in [0.5, 0.6) is 0 Å². The Hall–Kier alpha value is -2.15. The van der Waals surface area contributed by atoms with E-state index in [4.69, 9.17) is 0 Å². The van der Waals surface area contributed by atoms with Crippen molar-refractivity contribution >= 4 is 18.3 Å². The minimum atomic E-state index is -0.306. The average Bonchev–Trinajstić information content (AvgIpc) is 2.68. The molecule has 152 valence electrons. The third-order valence-corrected chi connectivity index (χ3v) is 5.09. The van der Waals surface area contributed by atoms with E-state index in [-0.39, 0.29) is 42.1 Å². The number of carbonyl (C=O) groups is 1. The van der Waals surface area contributed by atoms with Gasteiger partial charge in [0.15, 0.2) is 0 Å². The molecule has 3 rings (SSSR count). The molecule has 0 radical (unpaired) electrons. The molecule has 2 N–H and O–H groups in total. The molecular formula is C21H28ClN3O3. The lowest BCUT2D eigenvalue weighted by molar-refractivity contribution is 0.0668. The van der Waals surface area contributed by atoms with Gasteiger partial charge in [0.05, 0.1) is 6.61 Å². The van der Waals surface area contributed by atoms with Crippen LogP contribution < -0.4 is 10.9 Å². The molecule has 1 aliphatic rings. The van der Waals surface area contributed by atoms with Gasteiger partial charge in [-0.2, -0.15) is 0 Å². The zero-order valence-electron chi connectivity index (χ0n) is 16.5. The van der Waals surface area contributed by atoms with Crippen molar-refractivity contribution in [2.45, 2.75) is 32.7 Å². The molecule has 0 bridgehead atoms. The highest BCUT2D eigenvalue weighted by molar-refractivity contribution is 5.95. The minimum Gasteiger partial charge on any atom is -0.395 e. The van der Waals surface area contributed by atoms with Gasteiger partial charge < -0.3 is 15.3 Å². The maximum Gasteiger partial charge on any atom is 0.268 e. The van der Waals surface area contributed by atoms with E-state index in [0.717, 1.165) is 11.3 Å². The van der Waals surface area contributed by atoms with Crippen molar-refractivity contribution in [1.29, 1.82) is 0 Å². The highest BCUT2D eigenvalue weighted by Crippen LogP contribution is 2.18. The molecule has 1 aliphatic heterocycles. The molecule has 1 aromatic carbocycles. The number of nitrogens with zero attached hydrogens (tertiary/aromatic N) is 2. The Labute approximate surface area is 171 Å². The summed E-state index contributed by atoms with van der Waals surface area (Å²) in [7, 11) is 0. The zero-order chi connectivity index (χ0) is 19.6. The van der Waals surface area contributed by atoms with Crippen molar-refractivity contribution in [3.05, 3.63) is 63.6 Å². The number of aromatic nitrogens is 1. The molecule has 1 amide bonds. The predicted octanol–water partition coefficient (Wildman–Crippen LogP) is 2.10. The van der Waals surface area contributed by atoms with Gasteiger partial charge in [-0.1, -0.05) is 26.0 Å². The molecule has 2 heterocycles. The van der Waals surface area contributed by atoms with Crippen molar-refractivity contribution in [3.63, 3.8) is 0 Å². The fraction of sp³-hybridized carbons (Fsp3) is 0.429. The summed E-state index contributed by atoms with van der Waals surface area (Å²) in [6.07, 6.45) is 1.72. The number of aryl methyl sites for hydroxylation is 1. The van der Waals surface area contributed by atoms with E-state index in [2.05, 4.69) is 19.2 Å². The Balaban J connectivity index is 0.00000280. The number of halogens is 1. The lowest BCUT2D eigenvalue weighted by Crippen LogP contribution is -2.54. The summed E-state index contributed by atoms with van der Waals surface area (Å²) < 4.78 is 1.54. The Kier molecular flexibility index (Phi) is 7.41. The van der Waals surface area contributed by atoms with E-state index < -0.39 is 0 Å². The van der Waals surface area contributed by atoms with Crippen LogP contribution in [0, 0.1) is 6.92 Å². The molecule has 1 atom stereocenters. The van der Waals surface area contributed by atoms with Crippen LogP contribution in [0.4, 0.5) is 0 Å². The van der Waals surface area contributed by atoms with Crippen molar-refractivity contribution in [2.24, 2.45) is 0 Å². The number of rotatable bonds is 4. The number of benzene rings is 1. The molecule has 28 heavy (non-hydrogen) atoms. The number of carbonyl (C=O) groups excluding carboxylic acids is 1. The summed E-state index contributed by atoms with van der Waals surface area (Å²) in [5.74, 6) is 0.0790. The Morgan fingerprint density at radius 2 is 2.07 bits per heavy atom. The zero-order valence-corrected chi connectivity index (χ0v) is 17.3. The maximum atomic E-state index is 13.2. The molecule has 1 fully saturated rings. The second-order valence-electron chi connectivity index (χ2n) is 7.38. The van der Waals surface area contributed by atoms with Gasteiger partial charge in [0.2, 0.25) is 0 Å². The summed E-state index contributed by atoms with van der Waals surface area (Å²) in [6.45, 7) is 7.48. The lowest BCUT2D eigenvalue weighted by Gasteiger charge is -2.33. The van der Waals surface area contributed by atoms with Gasteiger partial charge in [0, 0.05) is 37.6 Å². The summed E-state index contributed by atoms with van der Waals surface area (Å²) in [5, 5.41) is 12.5. The van der Waals surface area contributed by atoms with Crippen molar-refractivity contribution in [1.82, 2.24) is 14.8 Å². The first-order valence-corrected chi connectivity index (χ1v) is 9.38. The maximum absolute atomic E-state index is 13.2. The van der Waals surface area contributed by atoms with Crippen LogP contribution in [0.2, 0.25) is 0 Å². The molecule has 6 nitrogen and oxygen atoms in total. The third kappa shape index (κ3) is 4.46. The van der Waals surface area contributed by atoms with E-state index in [0.29, 0.717) is 31.1 Å². The lowest BCUT2D eigenvalue weighted by atomic mass is 10.0. The number of hydrogen-bond donors (Lipinski definition) is 2. The third-order valence-electron chi connectivity index (χ3n) is 5.09. The topological polar surface area (TPSA) is 74.6 Å². The molecule has 0 spiro atoms. The van der Waals surface area contributed by atoms with Crippen LogP contribution in [0.15, 0.2) is 41.3 Å². The number of amides is 1. The molecule has 0 saturated carbocycles. The minimum absolute atomic E-state index is 0. The SMILES string of the molecule is Cc1ccn(-c2cccc(C(C)C)c2)c(=O)c1C(=O)N1CCNC(CO)C1.Cl. The van der Waals surface area contributed by atoms with E-state index in [1.165, 1.54) is 4.57 Å². The molecule has 1 aromatic heterocycles. The average molecular weight is 406 g/mol. The van der Waals surface area contributed by atoms with Gasteiger partial charge in [-0.3, -0.25) is 14.2 Å². The quantitative estimate of drug-likeness (QED) is 0.816. The van der Waals surface area contributed by atoms with Crippen molar-refractivity contribution in [2.75, 3.05) is 26.2 Å². The normalized spacial score (nSPS) is 16.8. The van der Waals surface area contributed by atoms with Gasteiger partial charge in [-0.25, -0.2) is 0 Å². The van der Waals surface area contributed by atoms with E-state index in [9.17, 15) is 14.7 Å². The number of nitrogens with one attached hydrogen (secondary N) is 1. The van der Waals surface area contributed by atoms with Crippen LogP contribution in [-0.4, -0.2) is 52.8 Å². The van der Waals surface area contributed by atoms with Gasteiger partial charge in [-0.05, 0) is 42.2 Å². The Bertz CT molecular complexity index is 895. The van der Waals surface area contributed by atoms with Gasteiger partial charge in [-0.15, -0.1) is 12.4 Å². The van der Waals surface area contributed by atoms with E-state index in [1.54, 1.807) is 18.0 Å². The van der Waals surface area contributed by atoms with Gasteiger partial charge in [0.25, 0.3) is 11.5 Å². The molecule has 0 aliphatic carbocycles. The van der Waals surface area contributed by atoms with E-state index >= 15 is 0 Å².